The first-order chi connectivity index (χ1) is 9.89. The van der Waals surface area contributed by atoms with Crippen LogP contribution in [0.4, 0.5) is 0 Å². The molecular weight excluding hydrogens is 332 g/mol. The smallest absolute Gasteiger partial charge is 0.244 e. The van der Waals surface area contributed by atoms with Crippen molar-refractivity contribution >= 4 is 33.4 Å². The van der Waals surface area contributed by atoms with Gasteiger partial charge in [-0.1, -0.05) is 18.5 Å². The van der Waals surface area contributed by atoms with Crippen LogP contribution in [0.15, 0.2) is 17.0 Å². The van der Waals surface area contributed by atoms with Gasteiger partial charge in [-0.2, -0.15) is 11.8 Å². The summed E-state index contributed by atoms with van der Waals surface area (Å²) in [4.78, 5) is 0.0255. The van der Waals surface area contributed by atoms with E-state index >= 15 is 0 Å². The summed E-state index contributed by atoms with van der Waals surface area (Å²) in [6.07, 6.45) is 2.64. The van der Waals surface area contributed by atoms with Crippen LogP contribution in [0.3, 0.4) is 0 Å². The highest BCUT2D eigenvalue weighted by Gasteiger charge is 2.25. The van der Waals surface area contributed by atoms with Crippen molar-refractivity contribution in [3.8, 4) is 5.75 Å². The molecule has 120 valence electrons. The van der Waals surface area contributed by atoms with Crippen molar-refractivity contribution in [2.45, 2.75) is 30.8 Å². The summed E-state index contributed by atoms with van der Waals surface area (Å²) in [5, 5.41) is 0.314. The van der Waals surface area contributed by atoms with E-state index in [4.69, 9.17) is 22.1 Å². The Morgan fingerprint density at radius 3 is 2.62 bits per heavy atom. The Morgan fingerprint density at radius 1 is 1.48 bits per heavy atom. The lowest BCUT2D eigenvalue weighted by Gasteiger charge is -2.19. The summed E-state index contributed by atoms with van der Waals surface area (Å²) in [6, 6.07) is 2.85. The second-order valence-corrected chi connectivity index (χ2v) is 7.51. The van der Waals surface area contributed by atoms with Gasteiger partial charge in [0, 0.05) is 28.9 Å². The molecule has 1 rings (SSSR count). The number of rotatable bonds is 8. The molecule has 3 N–H and O–H groups in total. The minimum absolute atomic E-state index is 0.0255. The predicted molar refractivity (Wildman–Crippen MR) is 88.7 cm³/mol. The van der Waals surface area contributed by atoms with Crippen molar-refractivity contribution in [2.75, 3.05) is 19.1 Å². The third-order valence-electron chi connectivity index (χ3n) is 2.99. The fraction of sp³-hybridized carbons (Fsp3) is 0.538. The number of sulfonamides is 1. The summed E-state index contributed by atoms with van der Waals surface area (Å²) in [6.45, 7) is 2.08. The molecule has 1 unspecified atom stereocenters. The lowest BCUT2D eigenvalue weighted by Crippen LogP contribution is -2.36. The van der Waals surface area contributed by atoms with Gasteiger partial charge < -0.3 is 10.5 Å². The molecule has 0 bridgehead atoms. The summed E-state index contributed by atoms with van der Waals surface area (Å²) in [7, 11) is -2.30. The number of nitrogens with two attached hydrogens (primary N) is 1. The third-order valence-corrected chi connectivity index (χ3v) is 5.47. The van der Waals surface area contributed by atoms with Gasteiger partial charge in [-0.3, -0.25) is 0 Å². The molecule has 0 heterocycles. The Hall–Kier alpha value is -0.470. The van der Waals surface area contributed by atoms with Crippen LogP contribution < -0.4 is 15.2 Å². The molecule has 1 aromatic rings. The third kappa shape index (κ3) is 4.75. The van der Waals surface area contributed by atoms with Crippen LogP contribution in [0.1, 0.15) is 18.9 Å². The first-order valence-electron chi connectivity index (χ1n) is 6.47. The Labute approximate surface area is 135 Å². The lowest BCUT2D eigenvalue weighted by molar-refractivity contribution is 0.397. The molecule has 0 spiro atoms. The molecule has 21 heavy (non-hydrogen) atoms. The van der Waals surface area contributed by atoms with Gasteiger partial charge >= 0.3 is 0 Å². The number of hydrogen-bond acceptors (Lipinski definition) is 5. The van der Waals surface area contributed by atoms with E-state index in [9.17, 15) is 8.42 Å². The molecule has 0 saturated carbocycles. The SMILES string of the molecule is CCC(CSC)NS(=O)(=O)c1cc(Cl)cc(CN)c1OC. The Balaban J connectivity index is 3.27. The molecule has 1 atom stereocenters. The van der Waals surface area contributed by atoms with Gasteiger partial charge in [0.15, 0.2) is 0 Å². The van der Waals surface area contributed by atoms with Crippen molar-refractivity contribution in [3.63, 3.8) is 0 Å². The van der Waals surface area contributed by atoms with Gasteiger partial charge in [0.25, 0.3) is 0 Å². The highest BCUT2D eigenvalue weighted by Crippen LogP contribution is 2.31. The van der Waals surface area contributed by atoms with E-state index in [2.05, 4.69) is 4.72 Å². The minimum Gasteiger partial charge on any atom is -0.495 e. The quantitative estimate of drug-likeness (QED) is 0.749. The monoisotopic (exact) mass is 352 g/mol. The number of ether oxygens (including phenoxy) is 1. The zero-order valence-electron chi connectivity index (χ0n) is 12.3. The Bertz CT molecular complexity index is 579. The molecule has 0 aliphatic carbocycles. The highest BCUT2D eigenvalue weighted by atomic mass is 35.5. The fourth-order valence-corrected chi connectivity index (χ4v) is 4.61. The fourth-order valence-electron chi connectivity index (χ4n) is 1.92. The van der Waals surface area contributed by atoms with E-state index in [0.717, 1.165) is 0 Å². The van der Waals surface area contributed by atoms with Crippen LogP contribution in [-0.2, 0) is 16.6 Å². The van der Waals surface area contributed by atoms with Gasteiger partial charge in [-0.25, -0.2) is 13.1 Å². The van der Waals surface area contributed by atoms with Gasteiger partial charge in [0.1, 0.15) is 10.6 Å². The first kappa shape index (κ1) is 18.6. The number of hydrogen-bond donors (Lipinski definition) is 2. The molecule has 1 aromatic carbocycles. The summed E-state index contributed by atoms with van der Waals surface area (Å²) in [5.41, 5.74) is 6.18. The van der Waals surface area contributed by atoms with E-state index in [-0.39, 0.29) is 23.2 Å². The van der Waals surface area contributed by atoms with Crippen LogP contribution in [0, 0.1) is 0 Å². The standard InChI is InChI=1S/C13H21ClN2O3S2/c1-4-11(8-20-3)16-21(17,18)12-6-10(14)5-9(7-15)13(12)19-2/h5-6,11,16H,4,7-8,15H2,1-3H3. The van der Waals surface area contributed by atoms with Crippen molar-refractivity contribution in [2.24, 2.45) is 5.73 Å². The van der Waals surface area contributed by atoms with Crippen molar-refractivity contribution in [1.29, 1.82) is 0 Å². The van der Waals surface area contributed by atoms with Gasteiger partial charge in [-0.05, 0) is 24.8 Å². The molecule has 0 aliphatic heterocycles. The number of benzene rings is 1. The second-order valence-electron chi connectivity index (χ2n) is 4.48. The molecule has 0 aromatic heterocycles. The van der Waals surface area contributed by atoms with Gasteiger partial charge in [0.2, 0.25) is 10.0 Å². The van der Waals surface area contributed by atoms with Crippen molar-refractivity contribution < 1.29 is 13.2 Å². The number of methoxy groups -OCH3 is 1. The molecule has 0 aliphatic rings. The summed E-state index contributed by atoms with van der Waals surface area (Å²) >= 11 is 7.57. The normalized spacial score (nSPS) is 13.2. The van der Waals surface area contributed by atoms with E-state index in [1.54, 1.807) is 17.8 Å². The number of halogens is 1. The van der Waals surface area contributed by atoms with E-state index in [0.29, 0.717) is 22.8 Å². The summed E-state index contributed by atoms with van der Waals surface area (Å²) in [5.74, 6) is 0.941. The van der Waals surface area contributed by atoms with Crippen molar-refractivity contribution in [3.05, 3.63) is 22.7 Å². The predicted octanol–water partition coefficient (Wildman–Crippen LogP) is 2.23. The van der Waals surface area contributed by atoms with E-state index in [1.807, 2.05) is 13.2 Å². The summed E-state index contributed by atoms with van der Waals surface area (Å²) < 4.78 is 33.1. The average molecular weight is 353 g/mol. The van der Waals surface area contributed by atoms with Crippen LogP contribution in [0.2, 0.25) is 5.02 Å². The number of thioether (sulfide) groups is 1. The maximum absolute atomic E-state index is 12.6. The zero-order chi connectivity index (χ0) is 16.0. The van der Waals surface area contributed by atoms with E-state index < -0.39 is 10.0 Å². The second kappa shape index (κ2) is 8.24. The van der Waals surface area contributed by atoms with Crippen molar-refractivity contribution in [1.82, 2.24) is 4.72 Å². The maximum Gasteiger partial charge on any atom is 0.244 e. The molecule has 8 heteroatoms. The maximum atomic E-state index is 12.6. The molecular formula is C13H21ClN2O3S2. The molecule has 5 nitrogen and oxygen atoms in total. The van der Waals surface area contributed by atoms with Crippen LogP contribution in [0.5, 0.6) is 5.75 Å². The molecule has 0 saturated heterocycles. The van der Waals surface area contributed by atoms with Crippen LogP contribution in [-0.4, -0.2) is 33.6 Å². The largest absolute Gasteiger partial charge is 0.495 e. The first-order valence-corrected chi connectivity index (χ1v) is 9.72. The lowest BCUT2D eigenvalue weighted by atomic mass is 10.2. The molecule has 0 amide bonds. The topological polar surface area (TPSA) is 81.4 Å². The van der Waals surface area contributed by atoms with E-state index in [1.165, 1.54) is 13.2 Å². The molecule has 0 fully saturated rings. The van der Waals surface area contributed by atoms with Gasteiger partial charge in [-0.15, -0.1) is 0 Å². The van der Waals surface area contributed by atoms with Crippen LogP contribution in [0.25, 0.3) is 0 Å². The van der Waals surface area contributed by atoms with Crippen LogP contribution >= 0.6 is 23.4 Å². The Morgan fingerprint density at radius 2 is 2.14 bits per heavy atom. The Kier molecular flexibility index (Phi) is 7.29. The zero-order valence-corrected chi connectivity index (χ0v) is 14.7. The minimum atomic E-state index is -3.72. The molecule has 0 radical (unpaired) electrons. The number of nitrogens with one attached hydrogen (secondary N) is 1. The average Bonchev–Trinajstić information content (AvgIpc) is 2.45. The van der Waals surface area contributed by atoms with Gasteiger partial charge in [0.05, 0.1) is 7.11 Å². The highest BCUT2D eigenvalue weighted by molar-refractivity contribution is 7.98.